The summed E-state index contributed by atoms with van der Waals surface area (Å²) in [6, 6.07) is 4.90. The van der Waals surface area contributed by atoms with Gasteiger partial charge in [0.25, 0.3) is 0 Å². The Morgan fingerprint density at radius 3 is 2.56 bits per heavy atom. The normalized spacial score (nSPS) is 16.1. The monoisotopic (exact) mass is 280 g/mol. The molecule has 1 aliphatic carbocycles. The van der Waals surface area contributed by atoms with Crippen LogP contribution in [0.2, 0.25) is 5.02 Å². The molecule has 0 bridgehead atoms. The van der Waals surface area contributed by atoms with Gasteiger partial charge in [0.1, 0.15) is 5.75 Å². The van der Waals surface area contributed by atoms with Gasteiger partial charge < -0.3 is 4.74 Å². The van der Waals surface area contributed by atoms with Crippen LogP contribution in [0.25, 0.3) is 0 Å². The molecule has 3 nitrogen and oxygen atoms in total. The molecule has 0 heterocycles. The van der Waals surface area contributed by atoms with Gasteiger partial charge in [-0.2, -0.15) is 0 Å². The van der Waals surface area contributed by atoms with E-state index >= 15 is 0 Å². The van der Waals surface area contributed by atoms with E-state index in [2.05, 4.69) is 0 Å². The fourth-order valence-electron chi connectivity index (χ4n) is 1.29. The lowest BCUT2D eigenvalue weighted by Gasteiger charge is -2.07. The number of hydrogen-bond donors (Lipinski definition) is 0. The minimum atomic E-state index is -3.54. The van der Waals surface area contributed by atoms with Crippen LogP contribution in [0.3, 0.4) is 0 Å². The van der Waals surface area contributed by atoms with Crippen molar-refractivity contribution >= 4 is 31.3 Å². The molecule has 6 heteroatoms. The minimum Gasteiger partial charge on any atom is -0.489 e. The van der Waals surface area contributed by atoms with Crippen molar-refractivity contribution in [2.75, 3.05) is 0 Å². The maximum atomic E-state index is 10.9. The van der Waals surface area contributed by atoms with Gasteiger partial charge in [-0.3, -0.25) is 0 Å². The first-order valence-corrected chi connectivity index (χ1v) is 7.67. The van der Waals surface area contributed by atoms with E-state index in [4.69, 9.17) is 27.0 Å². The lowest BCUT2D eigenvalue weighted by Crippen LogP contribution is -1.98. The topological polar surface area (TPSA) is 43.4 Å². The van der Waals surface area contributed by atoms with Crippen molar-refractivity contribution in [2.24, 2.45) is 0 Å². The van der Waals surface area contributed by atoms with Crippen molar-refractivity contribution in [3.05, 3.63) is 28.8 Å². The van der Waals surface area contributed by atoms with Crippen LogP contribution in [-0.2, 0) is 14.8 Å². The third-order valence-corrected chi connectivity index (χ3v) is 3.45. The zero-order valence-electron chi connectivity index (χ0n) is 8.32. The molecule has 0 spiro atoms. The predicted molar refractivity (Wildman–Crippen MR) is 63.6 cm³/mol. The fraction of sp³-hybridized carbons (Fsp3) is 0.400. The molecule has 1 fully saturated rings. The molecular formula is C10H10Cl2O3S. The van der Waals surface area contributed by atoms with E-state index in [1.807, 2.05) is 0 Å². The molecule has 0 aliphatic heterocycles. The summed E-state index contributed by atoms with van der Waals surface area (Å²) >= 11 is 5.97. The molecule has 0 amide bonds. The Hall–Kier alpha value is -0.450. The van der Waals surface area contributed by atoms with Gasteiger partial charge in [-0.05, 0) is 30.5 Å². The van der Waals surface area contributed by atoms with E-state index in [9.17, 15) is 8.42 Å². The maximum Gasteiger partial charge on any atom is 0.236 e. The van der Waals surface area contributed by atoms with Gasteiger partial charge in [-0.15, -0.1) is 0 Å². The van der Waals surface area contributed by atoms with Gasteiger partial charge in [0.15, 0.2) is 0 Å². The van der Waals surface area contributed by atoms with E-state index in [0.717, 1.165) is 12.8 Å². The van der Waals surface area contributed by atoms with Crippen LogP contribution in [0.1, 0.15) is 18.4 Å². The van der Waals surface area contributed by atoms with E-state index in [-0.39, 0.29) is 11.9 Å². The van der Waals surface area contributed by atoms with Crippen molar-refractivity contribution in [2.45, 2.75) is 24.7 Å². The van der Waals surface area contributed by atoms with Crippen LogP contribution in [-0.4, -0.2) is 14.5 Å². The third kappa shape index (κ3) is 3.54. The molecule has 1 aromatic rings. The Balaban J connectivity index is 2.14. The van der Waals surface area contributed by atoms with Crippen LogP contribution in [0.15, 0.2) is 18.2 Å². The summed E-state index contributed by atoms with van der Waals surface area (Å²) in [5, 5.41) is 0.421. The van der Waals surface area contributed by atoms with Crippen LogP contribution >= 0.6 is 22.3 Å². The van der Waals surface area contributed by atoms with Gasteiger partial charge in [0.2, 0.25) is 9.05 Å². The minimum absolute atomic E-state index is 0.224. The number of benzene rings is 1. The first-order chi connectivity index (χ1) is 7.44. The highest BCUT2D eigenvalue weighted by Crippen LogP contribution is 2.32. The Morgan fingerprint density at radius 2 is 2.06 bits per heavy atom. The lowest BCUT2D eigenvalue weighted by atomic mass is 10.2. The first kappa shape index (κ1) is 12.0. The molecule has 0 radical (unpaired) electrons. The highest BCUT2D eigenvalue weighted by Gasteiger charge is 2.24. The molecule has 0 N–H and O–H groups in total. The van der Waals surface area contributed by atoms with Gasteiger partial charge in [0.05, 0.1) is 16.9 Å². The number of ether oxygens (including phenoxy) is 1. The summed E-state index contributed by atoms with van der Waals surface area (Å²) in [6.45, 7) is 0. The first-order valence-electron chi connectivity index (χ1n) is 4.81. The average Bonchev–Trinajstić information content (AvgIpc) is 2.90. The lowest BCUT2D eigenvalue weighted by molar-refractivity contribution is 0.303. The molecule has 0 atom stereocenters. The van der Waals surface area contributed by atoms with E-state index < -0.39 is 9.05 Å². The highest BCUT2D eigenvalue weighted by atomic mass is 35.7. The second-order valence-electron chi connectivity index (χ2n) is 3.77. The summed E-state index contributed by atoms with van der Waals surface area (Å²) in [4.78, 5) is 0. The van der Waals surface area contributed by atoms with Crippen LogP contribution in [0.5, 0.6) is 5.75 Å². The van der Waals surface area contributed by atoms with Crippen molar-refractivity contribution in [1.82, 2.24) is 0 Å². The Bertz CT molecular complexity index is 495. The average molecular weight is 281 g/mol. The molecule has 2 rings (SSSR count). The molecule has 0 saturated heterocycles. The number of halogens is 2. The number of rotatable bonds is 4. The second kappa shape index (κ2) is 4.43. The van der Waals surface area contributed by atoms with Gasteiger partial charge >= 0.3 is 0 Å². The molecule has 0 aromatic heterocycles. The SMILES string of the molecule is O=S(=O)(Cl)Cc1ccc(OC2CC2)c(Cl)c1. The molecule has 0 unspecified atom stereocenters. The molecule has 88 valence electrons. The summed E-state index contributed by atoms with van der Waals surface area (Å²) < 4.78 is 27.3. The molecule has 1 aromatic carbocycles. The maximum absolute atomic E-state index is 10.9. The van der Waals surface area contributed by atoms with Crippen LogP contribution in [0, 0.1) is 0 Å². The second-order valence-corrected chi connectivity index (χ2v) is 6.95. The summed E-state index contributed by atoms with van der Waals surface area (Å²) in [6.07, 6.45) is 2.36. The largest absolute Gasteiger partial charge is 0.489 e. The van der Waals surface area contributed by atoms with Gasteiger partial charge in [-0.1, -0.05) is 17.7 Å². The van der Waals surface area contributed by atoms with E-state index in [0.29, 0.717) is 16.3 Å². The molecule has 16 heavy (non-hydrogen) atoms. The smallest absolute Gasteiger partial charge is 0.236 e. The summed E-state index contributed by atoms with van der Waals surface area (Å²) in [7, 11) is 1.61. The van der Waals surface area contributed by atoms with Crippen LogP contribution < -0.4 is 4.74 Å². The Kier molecular flexibility index (Phi) is 3.33. The van der Waals surface area contributed by atoms with Crippen molar-refractivity contribution in [3.63, 3.8) is 0 Å². The van der Waals surface area contributed by atoms with E-state index in [1.54, 1.807) is 18.2 Å². The van der Waals surface area contributed by atoms with Crippen LogP contribution in [0.4, 0.5) is 0 Å². The quantitative estimate of drug-likeness (QED) is 0.797. The molecular weight excluding hydrogens is 271 g/mol. The molecule has 1 aliphatic rings. The predicted octanol–water partition coefficient (Wildman–Crippen LogP) is 2.95. The Morgan fingerprint density at radius 1 is 1.38 bits per heavy atom. The zero-order chi connectivity index (χ0) is 11.8. The summed E-state index contributed by atoms with van der Waals surface area (Å²) in [5.74, 6) is 0.373. The fourth-order valence-corrected chi connectivity index (χ4v) is 2.50. The standard InChI is InChI=1S/C10H10Cl2O3S/c11-9-5-7(6-16(12,13)14)1-4-10(9)15-8-2-3-8/h1,4-5,8H,2-3,6H2. The van der Waals surface area contributed by atoms with Crippen molar-refractivity contribution in [1.29, 1.82) is 0 Å². The van der Waals surface area contributed by atoms with Gasteiger partial charge in [0, 0.05) is 10.7 Å². The Labute approximate surface area is 104 Å². The zero-order valence-corrected chi connectivity index (χ0v) is 10.6. The van der Waals surface area contributed by atoms with Crippen molar-refractivity contribution < 1.29 is 13.2 Å². The molecule has 1 saturated carbocycles. The summed E-state index contributed by atoms with van der Waals surface area (Å²) in [5.41, 5.74) is 0.558. The van der Waals surface area contributed by atoms with Gasteiger partial charge in [-0.25, -0.2) is 8.42 Å². The number of hydrogen-bond acceptors (Lipinski definition) is 3. The highest BCUT2D eigenvalue weighted by molar-refractivity contribution is 8.13. The third-order valence-electron chi connectivity index (χ3n) is 2.15. The van der Waals surface area contributed by atoms with Crippen molar-refractivity contribution in [3.8, 4) is 5.75 Å². The van der Waals surface area contributed by atoms with E-state index in [1.165, 1.54) is 0 Å².